The lowest BCUT2D eigenvalue weighted by atomic mass is 10.1. The largest absolute Gasteiger partial charge is 0.385 e. The summed E-state index contributed by atoms with van der Waals surface area (Å²) in [7, 11) is 5.65. The standard InChI is InChI=1S/C19H29N5O/c1-20-19(22-11-13-24(2)12-6-14-25-3)23-15-17-8-4-7-16-9-5-10-21-18(16)17/h4-5,7-10H,6,11-15H2,1-3H3,(H2,20,22,23). The van der Waals surface area contributed by atoms with Gasteiger partial charge in [-0.05, 0) is 25.1 Å². The molecule has 0 aliphatic carbocycles. The molecule has 0 spiro atoms. The van der Waals surface area contributed by atoms with Gasteiger partial charge in [0.1, 0.15) is 0 Å². The minimum atomic E-state index is 0.692. The molecule has 25 heavy (non-hydrogen) atoms. The van der Waals surface area contributed by atoms with Gasteiger partial charge >= 0.3 is 0 Å². The van der Waals surface area contributed by atoms with Gasteiger partial charge in [0.15, 0.2) is 5.96 Å². The Hall–Kier alpha value is -2.18. The van der Waals surface area contributed by atoms with Gasteiger partial charge in [0, 0.05) is 58.5 Å². The molecule has 1 heterocycles. The fourth-order valence-electron chi connectivity index (χ4n) is 2.67. The minimum absolute atomic E-state index is 0.692. The quantitative estimate of drug-likeness (QED) is 0.413. The van der Waals surface area contributed by atoms with Crippen LogP contribution in [0.25, 0.3) is 10.9 Å². The van der Waals surface area contributed by atoms with E-state index in [1.807, 2.05) is 12.3 Å². The predicted molar refractivity (Wildman–Crippen MR) is 104 cm³/mol. The number of fused-ring (bicyclic) bond motifs is 1. The van der Waals surface area contributed by atoms with Crippen LogP contribution in [-0.4, -0.2) is 63.3 Å². The molecule has 0 atom stereocenters. The summed E-state index contributed by atoms with van der Waals surface area (Å²) >= 11 is 0. The van der Waals surface area contributed by atoms with E-state index in [1.54, 1.807) is 14.2 Å². The number of ether oxygens (including phenoxy) is 1. The molecule has 2 rings (SSSR count). The number of hydrogen-bond acceptors (Lipinski definition) is 4. The van der Waals surface area contributed by atoms with Crippen molar-refractivity contribution >= 4 is 16.9 Å². The summed E-state index contributed by atoms with van der Waals surface area (Å²) in [5.41, 5.74) is 2.20. The van der Waals surface area contributed by atoms with Crippen molar-refractivity contribution in [2.24, 2.45) is 4.99 Å². The van der Waals surface area contributed by atoms with Crippen LogP contribution in [0.5, 0.6) is 0 Å². The van der Waals surface area contributed by atoms with E-state index in [0.717, 1.165) is 55.1 Å². The van der Waals surface area contributed by atoms with E-state index in [1.165, 1.54) is 0 Å². The second-order valence-electron chi connectivity index (χ2n) is 5.99. The lowest BCUT2D eigenvalue weighted by molar-refractivity contribution is 0.180. The van der Waals surface area contributed by atoms with Crippen molar-refractivity contribution < 1.29 is 4.74 Å². The molecular weight excluding hydrogens is 314 g/mol. The first-order valence-corrected chi connectivity index (χ1v) is 8.69. The van der Waals surface area contributed by atoms with E-state index >= 15 is 0 Å². The van der Waals surface area contributed by atoms with Crippen molar-refractivity contribution in [1.29, 1.82) is 0 Å². The van der Waals surface area contributed by atoms with Gasteiger partial charge in [-0.1, -0.05) is 24.3 Å². The minimum Gasteiger partial charge on any atom is -0.385 e. The number of hydrogen-bond donors (Lipinski definition) is 2. The first-order valence-electron chi connectivity index (χ1n) is 8.69. The van der Waals surface area contributed by atoms with E-state index in [9.17, 15) is 0 Å². The highest BCUT2D eigenvalue weighted by Crippen LogP contribution is 2.15. The van der Waals surface area contributed by atoms with Crippen molar-refractivity contribution in [1.82, 2.24) is 20.5 Å². The van der Waals surface area contributed by atoms with E-state index in [4.69, 9.17) is 4.74 Å². The Bertz CT molecular complexity index is 668. The molecule has 0 fully saturated rings. The van der Waals surface area contributed by atoms with Crippen molar-refractivity contribution in [3.63, 3.8) is 0 Å². The number of benzene rings is 1. The maximum Gasteiger partial charge on any atom is 0.191 e. The zero-order valence-electron chi connectivity index (χ0n) is 15.5. The number of rotatable bonds is 9. The Labute approximate surface area is 150 Å². The molecule has 1 aromatic carbocycles. The fourth-order valence-corrected chi connectivity index (χ4v) is 2.67. The number of likely N-dealkylation sites (N-methyl/N-ethyl adjacent to an activating group) is 1. The molecule has 6 heteroatoms. The van der Waals surface area contributed by atoms with Gasteiger partial charge in [-0.3, -0.25) is 9.98 Å². The number of para-hydroxylation sites is 1. The average molecular weight is 343 g/mol. The van der Waals surface area contributed by atoms with Crippen molar-refractivity contribution in [3.8, 4) is 0 Å². The van der Waals surface area contributed by atoms with Crippen LogP contribution >= 0.6 is 0 Å². The Balaban J connectivity index is 1.78. The average Bonchev–Trinajstić information content (AvgIpc) is 2.64. The number of nitrogens with zero attached hydrogens (tertiary/aromatic N) is 3. The fraction of sp³-hybridized carbons (Fsp3) is 0.474. The van der Waals surface area contributed by atoms with Gasteiger partial charge in [-0.25, -0.2) is 0 Å². The predicted octanol–water partition coefficient (Wildman–Crippen LogP) is 1.87. The normalized spacial score (nSPS) is 11.9. The molecule has 0 bridgehead atoms. The van der Waals surface area contributed by atoms with Crippen LogP contribution in [0.3, 0.4) is 0 Å². The second-order valence-corrected chi connectivity index (χ2v) is 5.99. The van der Waals surface area contributed by atoms with Crippen LogP contribution in [0.1, 0.15) is 12.0 Å². The van der Waals surface area contributed by atoms with E-state index < -0.39 is 0 Å². The van der Waals surface area contributed by atoms with Crippen molar-refractivity contribution in [2.45, 2.75) is 13.0 Å². The Morgan fingerprint density at radius 2 is 2.04 bits per heavy atom. The van der Waals surface area contributed by atoms with Crippen LogP contribution < -0.4 is 10.6 Å². The maximum atomic E-state index is 5.08. The van der Waals surface area contributed by atoms with Crippen LogP contribution in [0.4, 0.5) is 0 Å². The van der Waals surface area contributed by atoms with Crippen molar-refractivity contribution in [3.05, 3.63) is 42.1 Å². The third-order valence-electron chi connectivity index (χ3n) is 4.06. The van der Waals surface area contributed by atoms with Crippen LogP contribution in [0.2, 0.25) is 0 Å². The Morgan fingerprint density at radius 1 is 1.20 bits per heavy atom. The molecule has 136 valence electrons. The van der Waals surface area contributed by atoms with E-state index in [2.05, 4.69) is 56.8 Å². The SMILES string of the molecule is CN=C(NCCN(C)CCCOC)NCc1cccc2cccnc12. The zero-order chi connectivity index (χ0) is 17.9. The van der Waals surface area contributed by atoms with E-state index in [0.29, 0.717) is 6.54 Å². The number of methoxy groups -OCH3 is 1. The highest BCUT2D eigenvalue weighted by molar-refractivity contribution is 5.83. The summed E-state index contributed by atoms with van der Waals surface area (Å²) in [4.78, 5) is 11.1. The summed E-state index contributed by atoms with van der Waals surface area (Å²) in [5.74, 6) is 0.804. The molecule has 2 N–H and O–H groups in total. The molecule has 0 saturated carbocycles. The number of pyridine rings is 1. The number of aliphatic imine (C=N–C) groups is 1. The van der Waals surface area contributed by atoms with Gasteiger partial charge in [0.25, 0.3) is 0 Å². The number of aromatic nitrogens is 1. The van der Waals surface area contributed by atoms with E-state index in [-0.39, 0.29) is 0 Å². The third-order valence-corrected chi connectivity index (χ3v) is 4.06. The summed E-state index contributed by atoms with van der Waals surface area (Å²) in [6, 6.07) is 10.3. The molecule has 0 unspecified atom stereocenters. The van der Waals surface area contributed by atoms with Gasteiger partial charge in [-0.2, -0.15) is 0 Å². The van der Waals surface area contributed by atoms with Gasteiger partial charge < -0.3 is 20.3 Å². The molecule has 0 saturated heterocycles. The monoisotopic (exact) mass is 343 g/mol. The van der Waals surface area contributed by atoms with Crippen molar-refractivity contribution in [2.75, 3.05) is 47.4 Å². The first-order chi connectivity index (χ1) is 12.2. The summed E-state index contributed by atoms with van der Waals surface area (Å²) in [5, 5.41) is 7.87. The summed E-state index contributed by atoms with van der Waals surface area (Å²) < 4.78 is 5.08. The first kappa shape index (κ1) is 19.1. The lowest BCUT2D eigenvalue weighted by Gasteiger charge is -2.18. The molecule has 0 aliphatic rings. The molecule has 6 nitrogen and oxygen atoms in total. The van der Waals surface area contributed by atoms with Crippen LogP contribution in [0.15, 0.2) is 41.5 Å². The molecular formula is C19H29N5O. The van der Waals surface area contributed by atoms with Gasteiger partial charge in [0.05, 0.1) is 5.52 Å². The molecule has 0 radical (unpaired) electrons. The topological polar surface area (TPSA) is 61.8 Å². The molecule has 1 aromatic heterocycles. The van der Waals surface area contributed by atoms with Crippen LogP contribution in [-0.2, 0) is 11.3 Å². The Morgan fingerprint density at radius 3 is 2.84 bits per heavy atom. The summed E-state index contributed by atoms with van der Waals surface area (Å²) in [6.07, 6.45) is 2.88. The lowest BCUT2D eigenvalue weighted by Crippen LogP contribution is -2.40. The Kier molecular flexibility index (Phi) is 8.15. The zero-order valence-corrected chi connectivity index (χ0v) is 15.5. The van der Waals surface area contributed by atoms with Gasteiger partial charge in [-0.15, -0.1) is 0 Å². The third kappa shape index (κ3) is 6.32. The maximum absolute atomic E-state index is 5.08. The number of nitrogens with one attached hydrogen (secondary N) is 2. The summed E-state index contributed by atoms with van der Waals surface area (Å²) in [6.45, 7) is 4.33. The molecule has 0 aliphatic heterocycles. The van der Waals surface area contributed by atoms with Crippen LogP contribution in [0, 0.1) is 0 Å². The molecule has 2 aromatic rings. The molecule has 0 amide bonds. The number of guanidine groups is 1. The highest BCUT2D eigenvalue weighted by atomic mass is 16.5. The second kappa shape index (κ2) is 10.6. The highest BCUT2D eigenvalue weighted by Gasteiger charge is 2.04. The smallest absolute Gasteiger partial charge is 0.191 e. The van der Waals surface area contributed by atoms with Gasteiger partial charge in [0.2, 0.25) is 0 Å².